The molecule has 0 aliphatic rings. The standard InChI is InChI=1S/C20H19F2IO7/c1-11(2)17(20(21,22)19(26)27)30-16(24)10-15(14-4-3-9-28-14)29-18(25)12-5-7-13(23)8-6-12/h3-9,11,15,17H,10H2,1-2H3,(H,26,27)/p-1. The number of rotatable bonds is 9. The van der Waals surface area contributed by atoms with Crippen molar-refractivity contribution in [3.63, 3.8) is 0 Å². The third-order valence-corrected chi connectivity index (χ3v) is 4.75. The predicted octanol–water partition coefficient (Wildman–Crippen LogP) is 3.13. The van der Waals surface area contributed by atoms with Crippen molar-refractivity contribution in [3.8, 4) is 0 Å². The van der Waals surface area contributed by atoms with Crippen LogP contribution in [-0.4, -0.2) is 29.9 Å². The quantitative estimate of drug-likeness (QED) is 0.359. The molecule has 1 aromatic heterocycles. The summed E-state index contributed by atoms with van der Waals surface area (Å²) in [4.78, 5) is 35.4. The Bertz CT molecular complexity index is 879. The van der Waals surface area contributed by atoms with Crippen LogP contribution in [0.2, 0.25) is 0 Å². The molecule has 0 aliphatic carbocycles. The van der Waals surface area contributed by atoms with E-state index >= 15 is 0 Å². The average Bonchev–Trinajstić information content (AvgIpc) is 3.20. The lowest BCUT2D eigenvalue weighted by atomic mass is 10.0. The van der Waals surface area contributed by atoms with Gasteiger partial charge in [0.15, 0.2) is 12.2 Å². The van der Waals surface area contributed by atoms with Gasteiger partial charge < -0.3 is 23.8 Å². The van der Waals surface area contributed by atoms with Crippen LogP contribution in [0.15, 0.2) is 47.1 Å². The van der Waals surface area contributed by atoms with Crippen molar-refractivity contribution in [3.05, 3.63) is 57.6 Å². The molecule has 0 aliphatic heterocycles. The summed E-state index contributed by atoms with van der Waals surface area (Å²) >= 11 is 2.06. The van der Waals surface area contributed by atoms with Gasteiger partial charge in [-0.15, -0.1) is 0 Å². The van der Waals surface area contributed by atoms with Gasteiger partial charge in [-0.1, -0.05) is 13.8 Å². The van der Waals surface area contributed by atoms with E-state index in [1.54, 1.807) is 12.1 Å². The lowest BCUT2D eigenvalue weighted by Crippen LogP contribution is -2.53. The summed E-state index contributed by atoms with van der Waals surface area (Å²) in [6.07, 6.45) is -2.88. The molecule has 10 heteroatoms. The molecule has 0 N–H and O–H groups in total. The Morgan fingerprint density at radius 2 is 1.77 bits per heavy atom. The van der Waals surface area contributed by atoms with Crippen LogP contribution in [-0.2, 0) is 19.1 Å². The average molecular weight is 535 g/mol. The molecule has 162 valence electrons. The van der Waals surface area contributed by atoms with Crippen LogP contribution in [0, 0.1) is 9.49 Å². The number of carboxylic acid groups (broad SMARTS) is 1. The Hall–Kier alpha value is -2.50. The summed E-state index contributed by atoms with van der Waals surface area (Å²) in [6, 6.07) is 9.35. The Labute approximate surface area is 184 Å². The van der Waals surface area contributed by atoms with Gasteiger partial charge in [0.1, 0.15) is 11.7 Å². The van der Waals surface area contributed by atoms with E-state index in [2.05, 4.69) is 22.6 Å². The Balaban J connectivity index is 2.16. The third-order valence-electron chi connectivity index (χ3n) is 4.04. The first-order chi connectivity index (χ1) is 14.0. The van der Waals surface area contributed by atoms with E-state index in [0.717, 1.165) is 3.57 Å². The lowest BCUT2D eigenvalue weighted by molar-refractivity contribution is -0.337. The van der Waals surface area contributed by atoms with Crippen molar-refractivity contribution < 1.29 is 42.2 Å². The largest absolute Gasteiger partial charge is 0.544 e. The molecule has 2 aromatic rings. The van der Waals surface area contributed by atoms with Crippen LogP contribution in [0.3, 0.4) is 0 Å². The summed E-state index contributed by atoms with van der Waals surface area (Å²) in [5, 5.41) is 10.7. The van der Waals surface area contributed by atoms with Crippen molar-refractivity contribution in [2.24, 2.45) is 5.92 Å². The molecule has 0 fully saturated rings. The zero-order valence-electron chi connectivity index (χ0n) is 16.0. The maximum absolute atomic E-state index is 13.9. The van der Waals surface area contributed by atoms with Gasteiger partial charge in [0, 0.05) is 3.57 Å². The first-order valence-electron chi connectivity index (χ1n) is 8.81. The molecule has 1 aromatic carbocycles. The number of esters is 2. The number of alkyl halides is 2. The maximum atomic E-state index is 13.9. The number of hydrogen-bond donors (Lipinski definition) is 0. The van der Waals surface area contributed by atoms with E-state index in [9.17, 15) is 28.3 Å². The van der Waals surface area contributed by atoms with E-state index in [-0.39, 0.29) is 11.3 Å². The topological polar surface area (TPSA) is 106 Å². The number of halogens is 3. The Kier molecular flexibility index (Phi) is 7.93. The van der Waals surface area contributed by atoms with Gasteiger partial charge >= 0.3 is 17.9 Å². The molecule has 2 rings (SSSR count). The lowest BCUT2D eigenvalue weighted by Gasteiger charge is -2.30. The molecule has 0 radical (unpaired) electrons. The van der Waals surface area contributed by atoms with Gasteiger partial charge in [-0.2, -0.15) is 8.78 Å². The van der Waals surface area contributed by atoms with Crippen molar-refractivity contribution in [2.75, 3.05) is 0 Å². The number of hydrogen-bond acceptors (Lipinski definition) is 7. The van der Waals surface area contributed by atoms with Crippen molar-refractivity contribution in [2.45, 2.75) is 38.4 Å². The predicted molar refractivity (Wildman–Crippen MR) is 105 cm³/mol. The van der Waals surface area contributed by atoms with Gasteiger partial charge in [0.05, 0.1) is 18.2 Å². The molecule has 0 saturated carbocycles. The second-order valence-corrected chi connectivity index (χ2v) is 7.93. The fourth-order valence-corrected chi connectivity index (χ4v) is 2.90. The van der Waals surface area contributed by atoms with Crippen LogP contribution in [0.4, 0.5) is 8.78 Å². The molecule has 1 heterocycles. The second-order valence-electron chi connectivity index (χ2n) is 6.69. The van der Waals surface area contributed by atoms with Crippen molar-refractivity contribution in [1.29, 1.82) is 0 Å². The van der Waals surface area contributed by atoms with Gasteiger partial charge in [-0.05, 0) is 64.9 Å². The number of carbonyl (C=O) groups excluding carboxylic acids is 3. The molecular weight excluding hydrogens is 517 g/mol. The highest BCUT2D eigenvalue weighted by molar-refractivity contribution is 14.1. The van der Waals surface area contributed by atoms with E-state index in [0.29, 0.717) is 0 Å². The summed E-state index contributed by atoms with van der Waals surface area (Å²) in [6.45, 7) is 2.55. The first-order valence-corrected chi connectivity index (χ1v) is 9.89. The molecule has 7 nitrogen and oxygen atoms in total. The van der Waals surface area contributed by atoms with Gasteiger partial charge in [0.2, 0.25) is 0 Å². The number of carbonyl (C=O) groups is 3. The highest BCUT2D eigenvalue weighted by Gasteiger charge is 2.46. The minimum Gasteiger partial charge on any atom is -0.544 e. The summed E-state index contributed by atoms with van der Waals surface area (Å²) in [7, 11) is 0. The Morgan fingerprint density at radius 3 is 2.27 bits per heavy atom. The van der Waals surface area contributed by atoms with Crippen LogP contribution in [0.1, 0.15) is 42.5 Å². The molecule has 2 atom stereocenters. The molecule has 30 heavy (non-hydrogen) atoms. The maximum Gasteiger partial charge on any atom is 0.338 e. The molecule has 0 saturated heterocycles. The minimum absolute atomic E-state index is 0.0959. The highest BCUT2D eigenvalue weighted by Crippen LogP contribution is 2.29. The Morgan fingerprint density at radius 1 is 1.13 bits per heavy atom. The van der Waals surface area contributed by atoms with E-state index < -0.39 is 48.4 Å². The van der Waals surface area contributed by atoms with E-state index in [1.807, 2.05) is 0 Å². The second kappa shape index (κ2) is 10.0. The number of benzene rings is 1. The summed E-state index contributed by atoms with van der Waals surface area (Å²) < 4.78 is 43.8. The van der Waals surface area contributed by atoms with Crippen molar-refractivity contribution >= 4 is 40.5 Å². The summed E-state index contributed by atoms with van der Waals surface area (Å²) in [5.41, 5.74) is 0.212. The van der Waals surface area contributed by atoms with Gasteiger partial charge in [-0.25, -0.2) is 4.79 Å². The molecule has 0 spiro atoms. The number of aliphatic carboxylic acids is 1. The first kappa shape index (κ1) is 23.8. The number of furan rings is 1. The van der Waals surface area contributed by atoms with Crippen molar-refractivity contribution in [1.82, 2.24) is 0 Å². The fourth-order valence-electron chi connectivity index (χ4n) is 2.54. The normalized spacial score (nSPS) is 13.5. The molecule has 0 amide bonds. The van der Waals surface area contributed by atoms with E-state index in [1.165, 1.54) is 44.4 Å². The van der Waals surface area contributed by atoms with Crippen LogP contribution in [0.25, 0.3) is 0 Å². The third kappa shape index (κ3) is 6.00. The monoisotopic (exact) mass is 535 g/mol. The molecule has 2 unspecified atom stereocenters. The zero-order valence-corrected chi connectivity index (χ0v) is 18.1. The SMILES string of the molecule is CC(C)C(OC(=O)CC(OC(=O)c1ccc(I)cc1)c1ccco1)C(F)(F)C(=O)[O-]. The van der Waals surface area contributed by atoms with Gasteiger partial charge in [-0.3, -0.25) is 4.79 Å². The number of carboxylic acids is 1. The van der Waals surface area contributed by atoms with E-state index in [4.69, 9.17) is 13.9 Å². The number of ether oxygens (including phenoxy) is 2. The van der Waals surface area contributed by atoms with Crippen LogP contribution < -0.4 is 5.11 Å². The smallest absolute Gasteiger partial charge is 0.338 e. The molecular formula is C20H18F2IO7-. The highest BCUT2D eigenvalue weighted by atomic mass is 127. The minimum atomic E-state index is -4.39. The molecule has 0 bridgehead atoms. The van der Waals surface area contributed by atoms with Crippen LogP contribution in [0.5, 0.6) is 0 Å². The zero-order chi connectivity index (χ0) is 22.5. The van der Waals surface area contributed by atoms with Crippen LogP contribution >= 0.6 is 22.6 Å². The fraction of sp³-hybridized carbons (Fsp3) is 0.350. The van der Waals surface area contributed by atoms with Gasteiger partial charge in [0.25, 0.3) is 0 Å². The summed E-state index contributed by atoms with van der Waals surface area (Å²) in [5.74, 6) is -9.91.